The van der Waals surface area contributed by atoms with Crippen LogP contribution in [0.3, 0.4) is 0 Å². The predicted molar refractivity (Wildman–Crippen MR) is 66.7 cm³/mol. The fourth-order valence-electron chi connectivity index (χ4n) is 2.83. The first kappa shape index (κ1) is 12.3. The van der Waals surface area contributed by atoms with Crippen molar-refractivity contribution >= 4 is 0 Å². The summed E-state index contributed by atoms with van der Waals surface area (Å²) in [5.41, 5.74) is 0. The highest BCUT2D eigenvalue weighted by Gasteiger charge is 2.19. The molecule has 2 fully saturated rings. The van der Waals surface area contributed by atoms with E-state index in [1.807, 2.05) is 0 Å². The third kappa shape index (κ3) is 3.72. The van der Waals surface area contributed by atoms with Gasteiger partial charge >= 0.3 is 0 Å². The fourth-order valence-corrected chi connectivity index (χ4v) is 2.83. The number of rotatable bonds is 6. The van der Waals surface area contributed by atoms with E-state index in [1.54, 1.807) is 0 Å². The highest BCUT2D eigenvalue weighted by Crippen LogP contribution is 2.23. The summed E-state index contributed by atoms with van der Waals surface area (Å²) in [4.78, 5) is 2.44. The van der Waals surface area contributed by atoms with E-state index in [-0.39, 0.29) is 0 Å². The van der Waals surface area contributed by atoms with Crippen molar-refractivity contribution in [2.75, 3.05) is 39.9 Å². The van der Waals surface area contributed by atoms with Gasteiger partial charge in [-0.1, -0.05) is 12.8 Å². The molecule has 1 saturated heterocycles. The molecule has 2 rings (SSSR count). The summed E-state index contributed by atoms with van der Waals surface area (Å²) in [6, 6.07) is 0.660. The van der Waals surface area contributed by atoms with Crippen molar-refractivity contribution < 1.29 is 4.74 Å². The number of likely N-dealkylation sites (N-methyl/N-ethyl adjacent to an activating group) is 1. The molecule has 1 atom stereocenters. The Morgan fingerprint density at radius 3 is 2.75 bits per heavy atom. The van der Waals surface area contributed by atoms with Gasteiger partial charge in [0.2, 0.25) is 0 Å². The van der Waals surface area contributed by atoms with Gasteiger partial charge in [-0.3, -0.25) is 4.90 Å². The zero-order valence-electron chi connectivity index (χ0n) is 10.6. The summed E-state index contributed by atoms with van der Waals surface area (Å²) in [5, 5.41) is 3.60. The lowest BCUT2D eigenvalue weighted by Crippen LogP contribution is -2.38. The second-order valence-electron chi connectivity index (χ2n) is 5.35. The molecule has 0 aromatic heterocycles. The number of hydrogen-bond donors (Lipinski definition) is 1. The van der Waals surface area contributed by atoms with Crippen molar-refractivity contribution in [1.82, 2.24) is 10.2 Å². The highest BCUT2D eigenvalue weighted by molar-refractivity contribution is 4.74. The normalized spacial score (nSPS) is 27.0. The third-order valence-electron chi connectivity index (χ3n) is 4.08. The summed E-state index contributed by atoms with van der Waals surface area (Å²) in [6.45, 7) is 5.39. The Kier molecular flexibility index (Phi) is 5.07. The standard InChI is InChI=1S/C13H26N2O/c1-15(13-6-9-16-11-13)8-7-14-10-12-4-2-3-5-12/h12-14H,2-11H2,1H3. The molecule has 1 heterocycles. The van der Waals surface area contributed by atoms with Crippen molar-refractivity contribution in [3.63, 3.8) is 0 Å². The lowest BCUT2D eigenvalue weighted by molar-refractivity contribution is 0.159. The first-order valence-electron chi connectivity index (χ1n) is 6.85. The van der Waals surface area contributed by atoms with E-state index >= 15 is 0 Å². The number of ether oxygens (including phenoxy) is 1. The van der Waals surface area contributed by atoms with Gasteiger partial charge in [0.1, 0.15) is 0 Å². The Morgan fingerprint density at radius 1 is 1.25 bits per heavy atom. The molecule has 0 spiro atoms. The van der Waals surface area contributed by atoms with E-state index in [9.17, 15) is 0 Å². The minimum absolute atomic E-state index is 0.660. The maximum absolute atomic E-state index is 5.40. The van der Waals surface area contributed by atoms with Crippen molar-refractivity contribution in [1.29, 1.82) is 0 Å². The molecule has 0 radical (unpaired) electrons. The fraction of sp³-hybridized carbons (Fsp3) is 1.00. The second-order valence-corrected chi connectivity index (χ2v) is 5.35. The van der Waals surface area contributed by atoms with Crippen LogP contribution in [0, 0.1) is 5.92 Å². The maximum Gasteiger partial charge on any atom is 0.0622 e. The van der Waals surface area contributed by atoms with E-state index in [0.717, 1.165) is 32.2 Å². The van der Waals surface area contributed by atoms with Gasteiger partial charge in [-0.15, -0.1) is 0 Å². The van der Waals surface area contributed by atoms with Gasteiger partial charge in [0.15, 0.2) is 0 Å². The molecule has 94 valence electrons. The first-order chi connectivity index (χ1) is 7.86. The Labute approximate surface area is 99.5 Å². The average molecular weight is 226 g/mol. The molecule has 1 aliphatic heterocycles. The Balaban J connectivity index is 1.50. The molecule has 1 N–H and O–H groups in total. The molecule has 3 heteroatoms. The molecule has 2 aliphatic rings. The Morgan fingerprint density at radius 2 is 2.06 bits per heavy atom. The minimum Gasteiger partial charge on any atom is -0.380 e. The summed E-state index contributed by atoms with van der Waals surface area (Å²) in [7, 11) is 2.22. The molecule has 1 unspecified atom stereocenters. The van der Waals surface area contributed by atoms with Crippen LogP contribution in [0.4, 0.5) is 0 Å². The molecule has 0 aromatic carbocycles. The van der Waals surface area contributed by atoms with Gasteiger partial charge < -0.3 is 10.1 Å². The molecular formula is C13H26N2O. The first-order valence-corrected chi connectivity index (χ1v) is 6.85. The van der Waals surface area contributed by atoms with Crippen LogP contribution in [-0.2, 0) is 4.74 Å². The largest absolute Gasteiger partial charge is 0.380 e. The van der Waals surface area contributed by atoms with Crippen LogP contribution < -0.4 is 5.32 Å². The van der Waals surface area contributed by atoms with Crippen LogP contribution in [0.1, 0.15) is 32.1 Å². The smallest absolute Gasteiger partial charge is 0.0622 e. The average Bonchev–Trinajstić information content (AvgIpc) is 2.96. The topological polar surface area (TPSA) is 24.5 Å². The minimum atomic E-state index is 0.660. The summed E-state index contributed by atoms with van der Waals surface area (Å²) >= 11 is 0. The zero-order valence-corrected chi connectivity index (χ0v) is 10.6. The van der Waals surface area contributed by atoms with Gasteiger partial charge in [0, 0.05) is 25.7 Å². The van der Waals surface area contributed by atoms with E-state index < -0.39 is 0 Å². The Hall–Kier alpha value is -0.120. The Bertz CT molecular complexity index is 186. The van der Waals surface area contributed by atoms with Crippen LogP contribution in [0.2, 0.25) is 0 Å². The lowest BCUT2D eigenvalue weighted by Gasteiger charge is -2.23. The maximum atomic E-state index is 5.40. The van der Waals surface area contributed by atoms with Gasteiger partial charge in [0.05, 0.1) is 6.61 Å². The van der Waals surface area contributed by atoms with Crippen LogP contribution >= 0.6 is 0 Å². The molecular weight excluding hydrogens is 200 g/mol. The van der Waals surface area contributed by atoms with Crippen LogP contribution in [0.25, 0.3) is 0 Å². The quantitative estimate of drug-likeness (QED) is 0.694. The predicted octanol–water partition coefficient (Wildman–Crippen LogP) is 1.49. The molecule has 16 heavy (non-hydrogen) atoms. The number of hydrogen-bond acceptors (Lipinski definition) is 3. The summed E-state index contributed by atoms with van der Waals surface area (Å²) in [6.07, 6.45) is 7.00. The van der Waals surface area contributed by atoms with Crippen LogP contribution in [0.5, 0.6) is 0 Å². The van der Waals surface area contributed by atoms with Gasteiger partial charge in [0.25, 0.3) is 0 Å². The number of nitrogens with zero attached hydrogens (tertiary/aromatic N) is 1. The molecule has 0 bridgehead atoms. The summed E-state index contributed by atoms with van der Waals surface area (Å²) in [5.74, 6) is 0.958. The zero-order chi connectivity index (χ0) is 11.2. The van der Waals surface area contributed by atoms with Gasteiger partial charge in [-0.25, -0.2) is 0 Å². The van der Waals surface area contributed by atoms with E-state index in [1.165, 1.54) is 38.6 Å². The molecule has 0 aromatic rings. The van der Waals surface area contributed by atoms with Crippen molar-refractivity contribution in [3.8, 4) is 0 Å². The molecule has 3 nitrogen and oxygen atoms in total. The van der Waals surface area contributed by atoms with Gasteiger partial charge in [-0.05, 0) is 38.8 Å². The SMILES string of the molecule is CN(CCNCC1CCCC1)C1CCOC1. The molecule has 1 aliphatic carbocycles. The van der Waals surface area contributed by atoms with E-state index in [4.69, 9.17) is 4.74 Å². The molecule has 0 amide bonds. The van der Waals surface area contributed by atoms with Crippen molar-refractivity contribution in [3.05, 3.63) is 0 Å². The third-order valence-corrected chi connectivity index (χ3v) is 4.08. The van der Waals surface area contributed by atoms with Crippen LogP contribution in [-0.4, -0.2) is 50.8 Å². The van der Waals surface area contributed by atoms with Crippen molar-refractivity contribution in [2.24, 2.45) is 5.92 Å². The van der Waals surface area contributed by atoms with E-state index in [0.29, 0.717) is 6.04 Å². The van der Waals surface area contributed by atoms with E-state index in [2.05, 4.69) is 17.3 Å². The molecule has 1 saturated carbocycles. The second kappa shape index (κ2) is 6.58. The lowest BCUT2D eigenvalue weighted by atomic mass is 10.1. The highest BCUT2D eigenvalue weighted by atomic mass is 16.5. The van der Waals surface area contributed by atoms with Crippen LogP contribution in [0.15, 0.2) is 0 Å². The van der Waals surface area contributed by atoms with Crippen molar-refractivity contribution in [2.45, 2.75) is 38.1 Å². The summed E-state index contributed by atoms with van der Waals surface area (Å²) < 4.78 is 5.40. The van der Waals surface area contributed by atoms with Gasteiger partial charge in [-0.2, -0.15) is 0 Å². The monoisotopic (exact) mass is 226 g/mol. The number of nitrogens with one attached hydrogen (secondary N) is 1.